The Hall–Kier alpha value is -1.10. The zero-order valence-corrected chi connectivity index (χ0v) is 11.1. The second-order valence-corrected chi connectivity index (χ2v) is 4.66. The minimum absolute atomic E-state index is 0.00872. The van der Waals surface area contributed by atoms with Crippen LogP contribution in [0.15, 0.2) is 0 Å². The van der Waals surface area contributed by atoms with Crippen molar-refractivity contribution in [2.45, 2.75) is 46.1 Å². The fourth-order valence-electron chi connectivity index (χ4n) is 1.56. The number of amides is 2. The van der Waals surface area contributed by atoms with Gasteiger partial charge in [-0.1, -0.05) is 20.8 Å². The third-order valence-electron chi connectivity index (χ3n) is 2.33. The predicted molar refractivity (Wildman–Crippen MR) is 68.4 cm³/mol. The van der Waals surface area contributed by atoms with E-state index in [4.69, 9.17) is 5.73 Å². The molecule has 2 amide bonds. The van der Waals surface area contributed by atoms with Crippen molar-refractivity contribution in [1.29, 1.82) is 0 Å². The van der Waals surface area contributed by atoms with Crippen LogP contribution in [0.5, 0.6) is 0 Å². The van der Waals surface area contributed by atoms with Crippen LogP contribution in [0.4, 0.5) is 0 Å². The standard InChI is InChI=1S/C12H25N3O2/c1-4-5-11(16)14-8-12(17)15-10(7-13)6-9(2)3/h9-10H,4-8,13H2,1-3H3,(H,14,16)(H,15,17). The first kappa shape index (κ1) is 15.9. The molecule has 0 radical (unpaired) electrons. The highest BCUT2D eigenvalue weighted by atomic mass is 16.2. The van der Waals surface area contributed by atoms with E-state index in [1.807, 2.05) is 6.92 Å². The number of nitrogens with two attached hydrogens (primary N) is 1. The van der Waals surface area contributed by atoms with Crippen LogP contribution in [0, 0.1) is 5.92 Å². The zero-order valence-electron chi connectivity index (χ0n) is 11.1. The Balaban J connectivity index is 3.86. The quantitative estimate of drug-likeness (QED) is 0.576. The third-order valence-corrected chi connectivity index (χ3v) is 2.33. The molecule has 5 nitrogen and oxygen atoms in total. The Morgan fingerprint density at radius 3 is 2.35 bits per heavy atom. The normalized spacial score (nSPS) is 12.3. The van der Waals surface area contributed by atoms with E-state index in [0.29, 0.717) is 18.9 Å². The Morgan fingerprint density at radius 1 is 1.24 bits per heavy atom. The van der Waals surface area contributed by atoms with E-state index in [0.717, 1.165) is 12.8 Å². The van der Waals surface area contributed by atoms with E-state index in [2.05, 4.69) is 24.5 Å². The predicted octanol–water partition coefficient (Wildman–Crippen LogP) is 0.392. The molecule has 0 aromatic rings. The lowest BCUT2D eigenvalue weighted by atomic mass is 10.0. The van der Waals surface area contributed by atoms with Crippen molar-refractivity contribution >= 4 is 11.8 Å². The lowest BCUT2D eigenvalue weighted by Crippen LogP contribution is -2.45. The van der Waals surface area contributed by atoms with Crippen LogP contribution in [0.1, 0.15) is 40.0 Å². The molecule has 0 saturated heterocycles. The second kappa shape index (κ2) is 8.98. The molecule has 0 saturated carbocycles. The lowest BCUT2D eigenvalue weighted by Gasteiger charge is -2.18. The highest BCUT2D eigenvalue weighted by molar-refractivity contribution is 5.84. The van der Waals surface area contributed by atoms with Crippen LogP contribution < -0.4 is 16.4 Å². The summed E-state index contributed by atoms with van der Waals surface area (Å²) in [7, 11) is 0. The molecule has 0 aliphatic rings. The molecule has 4 N–H and O–H groups in total. The summed E-state index contributed by atoms with van der Waals surface area (Å²) < 4.78 is 0. The largest absolute Gasteiger partial charge is 0.351 e. The van der Waals surface area contributed by atoms with Crippen molar-refractivity contribution in [3.05, 3.63) is 0 Å². The van der Waals surface area contributed by atoms with Gasteiger partial charge < -0.3 is 16.4 Å². The summed E-state index contributed by atoms with van der Waals surface area (Å²) in [5.41, 5.74) is 5.57. The molecule has 17 heavy (non-hydrogen) atoms. The summed E-state index contributed by atoms with van der Waals surface area (Å²) in [6.07, 6.45) is 2.09. The van der Waals surface area contributed by atoms with Gasteiger partial charge in [0.2, 0.25) is 11.8 Å². The Morgan fingerprint density at radius 2 is 1.88 bits per heavy atom. The van der Waals surface area contributed by atoms with Crippen molar-refractivity contribution in [3.63, 3.8) is 0 Å². The molecule has 0 aromatic heterocycles. The number of carbonyl (C=O) groups excluding carboxylic acids is 2. The molecule has 0 bridgehead atoms. The highest BCUT2D eigenvalue weighted by Gasteiger charge is 2.12. The van der Waals surface area contributed by atoms with E-state index in [1.54, 1.807) is 0 Å². The lowest BCUT2D eigenvalue weighted by molar-refractivity contribution is -0.126. The Bertz CT molecular complexity index is 242. The molecule has 0 fully saturated rings. The van der Waals surface area contributed by atoms with Gasteiger partial charge in [0.25, 0.3) is 0 Å². The van der Waals surface area contributed by atoms with E-state index in [9.17, 15) is 9.59 Å². The minimum Gasteiger partial charge on any atom is -0.351 e. The average Bonchev–Trinajstić information content (AvgIpc) is 2.25. The van der Waals surface area contributed by atoms with Gasteiger partial charge >= 0.3 is 0 Å². The van der Waals surface area contributed by atoms with Crippen LogP contribution >= 0.6 is 0 Å². The zero-order chi connectivity index (χ0) is 13.3. The SMILES string of the molecule is CCCC(=O)NCC(=O)NC(CN)CC(C)C. The summed E-state index contributed by atoms with van der Waals surface area (Å²) >= 11 is 0. The number of carbonyl (C=O) groups is 2. The molecule has 1 atom stereocenters. The molecule has 0 rings (SSSR count). The van der Waals surface area contributed by atoms with Gasteiger partial charge in [0.15, 0.2) is 0 Å². The van der Waals surface area contributed by atoms with E-state index >= 15 is 0 Å². The van der Waals surface area contributed by atoms with E-state index in [-0.39, 0.29) is 24.4 Å². The average molecular weight is 243 g/mol. The summed E-state index contributed by atoms with van der Waals surface area (Å²) in [6, 6.07) is -0.00872. The Kier molecular flexibility index (Phi) is 8.40. The first-order chi connectivity index (χ1) is 7.99. The molecule has 0 heterocycles. The van der Waals surface area contributed by atoms with Gasteiger partial charge in [-0.25, -0.2) is 0 Å². The van der Waals surface area contributed by atoms with Gasteiger partial charge in [0.1, 0.15) is 0 Å². The molecule has 0 aliphatic carbocycles. The van der Waals surface area contributed by atoms with Gasteiger partial charge in [-0.05, 0) is 18.8 Å². The van der Waals surface area contributed by atoms with Gasteiger partial charge in [-0.2, -0.15) is 0 Å². The number of hydrogen-bond donors (Lipinski definition) is 3. The first-order valence-electron chi connectivity index (χ1n) is 6.25. The van der Waals surface area contributed by atoms with Crippen LogP contribution in [0.3, 0.4) is 0 Å². The van der Waals surface area contributed by atoms with Crippen molar-refractivity contribution in [3.8, 4) is 0 Å². The smallest absolute Gasteiger partial charge is 0.239 e. The maximum absolute atomic E-state index is 11.5. The number of hydrogen-bond acceptors (Lipinski definition) is 3. The van der Waals surface area contributed by atoms with Gasteiger partial charge in [-0.3, -0.25) is 9.59 Å². The fourth-order valence-corrected chi connectivity index (χ4v) is 1.56. The summed E-state index contributed by atoms with van der Waals surface area (Å²) in [5, 5.41) is 5.39. The minimum atomic E-state index is -0.175. The summed E-state index contributed by atoms with van der Waals surface area (Å²) in [6.45, 7) is 6.54. The Labute approximate surface area is 104 Å². The van der Waals surface area contributed by atoms with Gasteiger partial charge in [-0.15, -0.1) is 0 Å². The number of nitrogens with one attached hydrogen (secondary N) is 2. The van der Waals surface area contributed by atoms with Crippen LogP contribution in [-0.2, 0) is 9.59 Å². The maximum Gasteiger partial charge on any atom is 0.239 e. The molecular weight excluding hydrogens is 218 g/mol. The van der Waals surface area contributed by atoms with Gasteiger partial charge in [0, 0.05) is 19.0 Å². The summed E-state index contributed by atoms with van der Waals surface area (Å²) in [4.78, 5) is 22.7. The molecule has 5 heteroatoms. The van der Waals surface area contributed by atoms with Crippen molar-refractivity contribution in [2.24, 2.45) is 11.7 Å². The van der Waals surface area contributed by atoms with E-state index < -0.39 is 0 Å². The second-order valence-electron chi connectivity index (χ2n) is 4.66. The third kappa shape index (κ3) is 8.68. The monoisotopic (exact) mass is 243 g/mol. The van der Waals surface area contributed by atoms with Crippen molar-refractivity contribution in [1.82, 2.24) is 10.6 Å². The molecule has 0 aromatic carbocycles. The summed E-state index contributed by atoms with van der Waals surface area (Å²) in [5.74, 6) is 0.222. The molecule has 1 unspecified atom stereocenters. The van der Waals surface area contributed by atoms with Crippen LogP contribution in [0.2, 0.25) is 0 Å². The van der Waals surface area contributed by atoms with E-state index in [1.165, 1.54) is 0 Å². The van der Waals surface area contributed by atoms with Crippen molar-refractivity contribution < 1.29 is 9.59 Å². The van der Waals surface area contributed by atoms with Crippen molar-refractivity contribution in [2.75, 3.05) is 13.1 Å². The molecule has 0 spiro atoms. The highest BCUT2D eigenvalue weighted by Crippen LogP contribution is 2.03. The molecule has 100 valence electrons. The van der Waals surface area contributed by atoms with Crippen LogP contribution in [0.25, 0.3) is 0 Å². The topological polar surface area (TPSA) is 84.2 Å². The van der Waals surface area contributed by atoms with Crippen LogP contribution in [-0.4, -0.2) is 30.9 Å². The first-order valence-corrected chi connectivity index (χ1v) is 6.25. The molecule has 0 aliphatic heterocycles. The molecular formula is C12H25N3O2. The maximum atomic E-state index is 11.5. The fraction of sp³-hybridized carbons (Fsp3) is 0.833. The van der Waals surface area contributed by atoms with Gasteiger partial charge in [0.05, 0.1) is 6.54 Å². The number of rotatable bonds is 8.